The first-order valence-corrected chi connectivity index (χ1v) is 11.2. The number of hydrogen-bond donors (Lipinski definition) is 2. The molecule has 2 heterocycles. The van der Waals surface area contributed by atoms with Crippen molar-refractivity contribution in [1.82, 2.24) is 15.3 Å². The fraction of sp³-hybridized carbons (Fsp3) is 0.350. The molecule has 152 valence electrons. The number of thioether (sulfide) groups is 1. The summed E-state index contributed by atoms with van der Waals surface area (Å²) in [6, 6.07) is 2.72. The molecule has 1 aliphatic carbocycles. The number of nitrogens with two attached hydrogens (primary N) is 1. The number of amides is 1. The molecule has 4 rings (SSSR count). The van der Waals surface area contributed by atoms with E-state index in [-0.39, 0.29) is 17.2 Å². The summed E-state index contributed by atoms with van der Waals surface area (Å²) in [5, 5.41) is 4.12. The normalized spacial score (nSPS) is 14.6. The second-order valence-electron chi connectivity index (χ2n) is 7.03. The zero-order chi connectivity index (χ0) is 20.5. The van der Waals surface area contributed by atoms with Crippen LogP contribution in [0, 0.1) is 11.6 Å². The number of nitrogens with zero attached hydrogens (tertiary/aromatic N) is 2. The molecule has 1 aromatic carbocycles. The van der Waals surface area contributed by atoms with E-state index in [1.165, 1.54) is 40.8 Å². The van der Waals surface area contributed by atoms with Crippen LogP contribution < -0.4 is 11.1 Å². The molecule has 1 unspecified atom stereocenters. The Hall–Kier alpha value is -2.26. The molecular formula is C20H20F2N4OS2. The van der Waals surface area contributed by atoms with Crippen LogP contribution in [-0.4, -0.2) is 21.6 Å². The molecule has 9 heteroatoms. The van der Waals surface area contributed by atoms with Crippen LogP contribution >= 0.6 is 23.1 Å². The Morgan fingerprint density at radius 2 is 2.10 bits per heavy atom. The van der Waals surface area contributed by atoms with E-state index in [2.05, 4.69) is 15.3 Å². The molecule has 0 saturated carbocycles. The lowest BCUT2D eigenvalue weighted by molar-refractivity contribution is -0.119. The van der Waals surface area contributed by atoms with Gasteiger partial charge in [-0.1, -0.05) is 17.8 Å². The number of carbonyl (C=O) groups excluding carboxylic acids is 1. The largest absolute Gasteiger partial charge is 0.383 e. The quantitative estimate of drug-likeness (QED) is 0.460. The number of halogens is 2. The number of hydrogen-bond acceptors (Lipinski definition) is 6. The van der Waals surface area contributed by atoms with Crippen LogP contribution in [0.1, 0.15) is 41.8 Å². The van der Waals surface area contributed by atoms with Crippen molar-refractivity contribution in [2.24, 2.45) is 0 Å². The molecular weight excluding hydrogens is 414 g/mol. The molecule has 0 fully saturated rings. The van der Waals surface area contributed by atoms with Gasteiger partial charge in [0.25, 0.3) is 0 Å². The van der Waals surface area contributed by atoms with Crippen molar-refractivity contribution >= 4 is 45.0 Å². The molecule has 29 heavy (non-hydrogen) atoms. The van der Waals surface area contributed by atoms with E-state index >= 15 is 0 Å². The third kappa shape index (κ3) is 4.20. The molecule has 0 saturated heterocycles. The molecule has 1 amide bonds. The summed E-state index contributed by atoms with van der Waals surface area (Å²) in [6.45, 7) is 1.65. The van der Waals surface area contributed by atoms with Gasteiger partial charge in [0.2, 0.25) is 5.91 Å². The van der Waals surface area contributed by atoms with E-state index in [9.17, 15) is 13.6 Å². The van der Waals surface area contributed by atoms with Gasteiger partial charge in [-0.05, 0) is 44.2 Å². The van der Waals surface area contributed by atoms with Crippen molar-refractivity contribution in [3.8, 4) is 0 Å². The van der Waals surface area contributed by atoms with E-state index < -0.39 is 17.7 Å². The average molecular weight is 435 g/mol. The summed E-state index contributed by atoms with van der Waals surface area (Å²) in [5.74, 6) is -1.10. The number of anilines is 1. The monoisotopic (exact) mass is 434 g/mol. The van der Waals surface area contributed by atoms with Crippen LogP contribution in [0.5, 0.6) is 0 Å². The van der Waals surface area contributed by atoms with Crippen LogP contribution in [0.3, 0.4) is 0 Å². The Labute approximate surface area is 175 Å². The summed E-state index contributed by atoms with van der Waals surface area (Å²) in [5.41, 5.74) is 7.70. The summed E-state index contributed by atoms with van der Waals surface area (Å²) < 4.78 is 26.9. The van der Waals surface area contributed by atoms with Crippen LogP contribution in [0.2, 0.25) is 0 Å². The molecule has 2 aromatic heterocycles. The lowest BCUT2D eigenvalue weighted by atomic mass is 9.97. The van der Waals surface area contributed by atoms with Gasteiger partial charge in [0.1, 0.15) is 22.3 Å². The third-order valence-corrected chi connectivity index (χ3v) is 6.99. The lowest BCUT2D eigenvalue weighted by Crippen LogP contribution is -2.28. The van der Waals surface area contributed by atoms with Gasteiger partial charge < -0.3 is 11.1 Å². The Kier molecular flexibility index (Phi) is 5.69. The highest BCUT2D eigenvalue weighted by molar-refractivity contribution is 7.99. The minimum Gasteiger partial charge on any atom is -0.383 e. The zero-order valence-electron chi connectivity index (χ0n) is 15.8. The van der Waals surface area contributed by atoms with Crippen molar-refractivity contribution < 1.29 is 13.6 Å². The first-order valence-electron chi connectivity index (χ1n) is 9.37. The fourth-order valence-electron chi connectivity index (χ4n) is 3.57. The maximum absolute atomic E-state index is 13.9. The minimum absolute atomic E-state index is 0.0726. The number of aromatic nitrogens is 2. The van der Waals surface area contributed by atoms with Gasteiger partial charge in [0.05, 0.1) is 17.2 Å². The van der Waals surface area contributed by atoms with Gasteiger partial charge >= 0.3 is 0 Å². The van der Waals surface area contributed by atoms with Crippen LogP contribution in [0.4, 0.5) is 14.6 Å². The second kappa shape index (κ2) is 8.23. The van der Waals surface area contributed by atoms with Gasteiger partial charge in [-0.2, -0.15) is 0 Å². The number of aryl methyl sites for hydroxylation is 2. The molecule has 0 aliphatic heterocycles. The predicted octanol–water partition coefficient (Wildman–Crippen LogP) is 4.40. The fourth-order valence-corrected chi connectivity index (χ4v) is 5.56. The van der Waals surface area contributed by atoms with Crippen molar-refractivity contribution in [1.29, 1.82) is 0 Å². The summed E-state index contributed by atoms with van der Waals surface area (Å²) >= 11 is 2.84. The van der Waals surface area contributed by atoms with E-state index in [4.69, 9.17) is 5.73 Å². The predicted molar refractivity (Wildman–Crippen MR) is 112 cm³/mol. The van der Waals surface area contributed by atoms with Gasteiger partial charge in [-0.25, -0.2) is 18.7 Å². The van der Waals surface area contributed by atoms with Crippen molar-refractivity contribution in [2.75, 3.05) is 11.5 Å². The molecule has 0 spiro atoms. The molecule has 3 aromatic rings. The maximum atomic E-state index is 13.9. The first-order chi connectivity index (χ1) is 13.9. The summed E-state index contributed by atoms with van der Waals surface area (Å²) in [4.78, 5) is 23.4. The van der Waals surface area contributed by atoms with E-state index in [0.29, 0.717) is 11.0 Å². The zero-order valence-corrected chi connectivity index (χ0v) is 17.4. The molecule has 0 radical (unpaired) electrons. The van der Waals surface area contributed by atoms with Gasteiger partial charge in [-0.15, -0.1) is 11.3 Å². The van der Waals surface area contributed by atoms with E-state index in [1.807, 2.05) is 0 Å². The van der Waals surface area contributed by atoms with Crippen molar-refractivity contribution in [3.05, 3.63) is 45.8 Å². The Morgan fingerprint density at radius 3 is 2.90 bits per heavy atom. The molecule has 0 bridgehead atoms. The smallest absolute Gasteiger partial charge is 0.230 e. The number of fused-ring (bicyclic) bond motifs is 3. The van der Waals surface area contributed by atoms with Crippen molar-refractivity contribution in [2.45, 2.75) is 43.8 Å². The SMILES string of the molecule is CC(NC(=O)CSc1nc(N)c2c3c(sc2n1)CCCC3)c1ccc(F)cc1F. The molecule has 1 atom stereocenters. The topological polar surface area (TPSA) is 80.9 Å². The Bertz CT molecular complexity index is 1090. The van der Waals surface area contributed by atoms with Crippen molar-refractivity contribution in [3.63, 3.8) is 0 Å². The van der Waals surface area contributed by atoms with Crippen LogP contribution in [0.15, 0.2) is 23.4 Å². The summed E-state index contributed by atoms with van der Waals surface area (Å²) in [7, 11) is 0. The highest BCUT2D eigenvalue weighted by Crippen LogP contribution is 2.38. The Balaban J connectivity index is 1.43. The number of carbonyl (C=O) groups is 1. The highest BCUT2D eigenvalue weighted by atomic mass is 32.2. The number of nitrogen functional groups attached to an aromatic ring is 1. The molecule has 1 aliphatic rings. The number of rotatable bonds is 5. The standard InChI is InChI=1S/C20H20F2N4OS2/c1-10(12-7-6-11(21)8-14(12)22)24-16(27)9-28-20-25-18(23)17-13-4-2-3-5-15(13)29-19(17)26-20/h6-8,10H,2-5,9H2,1H3,(H,24,27)(H2,23,25,26). The van der Waals surface area contributed by atoms with Gasteiger partial charge in [0.15, 0.2) is 5.16 Å². The first kappa shape index (κ1) is 20.0. The van der Waals surface area contributed by atoms with Gasteiger partial charge in [0, 0.05) is 16.5 Å². The average Bonchev–Trinajstić information content (AvgIpc) is 3.05. The second-order valence-corrected chi connectivity index (χ2v) is 9.05. The number of benzene rings is 1. The summed E-state index contributed by atoms with van der Waals surface area (Å²) in [6.07, 6.45) is 4.40. The van der Waals surface area contributed by atoms with Gasteiger partial charge in [-0.3, -0.25) is 4.79 Å². The van der Waals surface area contributed by atoms with Crippen LogP contribution in [-0.2, 0) is 17.6 Å². The Morgan fingerprint density at radius 1 is 1.31 bits per heavy atom. The molecule has 5 nitrogen and oxygen atoms in total. The number of nitrogens with one attached hydrogen (secondary N) is 1. The maximum Gasteiger partial charge on any atom is 0.230 e. The van der Waals surface area contributed by atoms with E-state index in [0.717, 1.165) is 35.5 Å². The lowest BCUT2D eigenvalue weighted by Gasteiger charge is -2.15. The minimum atomic E-state index is -0.686. The highest BCUT2D eigenvalue weighted by Gasteiger charge is 2.21. The molecule has 3 N–H and O–H groups in total. The van der Waals surface area contributed by atoms with E-state index in [1.54, 1.807) is 18.3 Å². The van der Waals surface area contributed by atoms with Crippen LogP contribution in [0.25, 0.3) is 10.2 Å². The third-order valence-electron chi connectivity index (χ3n) is 4.96. The number of thiophene rings is 1.